The second kappa shape index (κ2) is 6.09. The van der Waals surface area contributed by atoms with Crippen LogP contribution < -0.4 is 10.2 Å². The van der Waals surface area contributed by atoms with Crippen molar-refractivity contribution in [3.63, 3.8) is 0 Å². The largest absolute Gasteiger partial charge is 0.373 e. The van der Waals surface area contributed by atoms with E-state index < -0.39 is 0 Å². The van der Waals surface area contributed by atoms with Crippen LogP contribution in [-0.4, -0.2) is 24.1 Å². The first-order valence-electron chi connectivity index (χ1n) is 6.53. The number of rotatable bonds is 4. The molecule has 0 saturated heterocycles. The zero-order chi connectivity index (χ0) is 14.7. The summed E-state index contributed by atoms with van der Waals surface area (Å²) in [4.78, 5) is 10.9. The van der Waals surface area contributed by atoms with Gasteiger partial charge in [-0.15, -0.1) is 0 Å². The summed E-state index contributed by atoms with van der Waals surface area (Å²) in [6, 6.07) is 10.0. The molecule has 5 heteroatoms. The van der Waals surface area contributed by atoms with Gasteiger partial charge in [0.15, 0.2) is 0 Å². The number of aryl methyl sites for hydroxylation is 1. The van der Waals surface area contributed by atoms with E-state index in [1.165, 1.54) is 5.56 Å². The number of anilines is 2. The molecule has 1 aromatic carbocycles. The van der Waals surface area contributed by atoms with Crippen LogP contribution in [0.15, 0.2) is 30.3 Å². The first kappa shape index (κ1) is 14.6. The molecule has 106 valence electrons. The van der Waals surface area contributed by atoms with Crippen LogP contribution in [0.4, 0.5) is 11.6 Å². The highest BCUT2D eigenvalue weighted by atomic mass is 35.5. The van der Waals surface area contributed by atoms with E-state index in [0.29, 0.717) is 0 Å². The normalized spacial score (nSPS) is 12.1. The van der Waals surface area contributed by atoms with E-state index in [1.807, 2.05) is 51.4 Å². The average Bonchev–Trinajstić information content (AvgIpc) is 2.45. The molecule has 0 saturated carbocycles. The van der Waals surface area contributed by atoms with Gasteiger partial charge in [0.1, 0.15) is 17.5 Å². The summed E-state index contributed by atoms with van der Waals surface area (Å²) < 4.78 is 0. The van der Waals surface area contributed by atoms with Crippen molar-refractivity contribution in [3.8, 4) is 0 Å². The topological polar surface area (TPSA) is 41.0 Å². The van der Waals surface area contributed by atoms with Crippen molar-refractivity contribution in [2.24, 2.45) is 0 Å². The van der Waals surface area contributed by atoms with E-state index in [0.717, 1.165) is 22.5 Å². The maximum atomic E-state index is 5.93. The molecule has 0 amide bonds. The van der Waals surface area contributed by atoms with Gasteiger partial charge in [-0.2, -0.15) is 0 Å². The van der Waals surface area contributed by atoms with Gasteiger partial charge >= 0.3 is 0 Å². The van der Waals surface area contributed by atoms with Crippen LogP contribution in [0, 0.1) is 6.92 Å². The number of halogens is 1. The van der Waals surface area contributed by atoms with Crippen LogP contribution in [0.5, 0.6) is 0 Å². The Bertz CT molecular complexity index is 583. The zero-order valence-electron chi connectivity index (χ0n) is 12.2. The minimum Gasteiger partial charge on any atom is -0.373 e. The van der Waals surface area contributed by atoms with Crippen LogP contribution in [-0.2, 0) is 0 Å². The van der Waals surface area contributed by atoms with Gasteiger partial charge in [-0.25, -0.2) is 9.97 Å². The molecular formula is C15H19ClN4. The van der Waals surface area contributed by atoms with E-state index >= 15 is 0 Å². The number of nitrogens with one attached hydrogen (secondary N) is 1. The Labute approximate surface area is 124 Å². The zero-order valence-corrected chi connectivity index (χ0v) is 12.9. The fourth-order valence-electron chi connectivity index (χ4n) is 2.02. The van der Waals surface area contributed by atoms with Crippen molar-refractivity contribution in [3.05, 3.63) is 46.7 Å². The first-order valence-corrected chi connectivity index (χ1v) is 6.91. The predicted molar refractivity (Wildman–Crippen MR) is 84.6 cm³/mol. The summed E-state index contributed by atoms with van der Waals surface area (Å²) >= 11 is 5.93. The number of nitrogens with zero attached hydrogens (tertiary/aromatic N) is 3. The van der Waals surface area contributed by atoms with Gasteiger partial charge in [0.2, 0.25) is 0 Å². The molecule has 0 spiro atoms. The van der Waals surface area contributed by atoms with Gasteiger partial charge in [0, 0.05) is 25.2 Å². The van der Waals surface area contributed by atoms with E-state index in [9.17, 15) is 0 Å². The third-order valence-corrected chi connectivity index (χ3v) is 3.63. The molecule has 0 radical (unpaired) electrons. The fraction of sp³-hybridized carbons (Fsp3) is 0.333. The van der Waals surface area contributed by atoms with Gasteiger partial charge in [-0.3, -0.25) is 0 Å². The highest BCUT2D eigenvalue weighted by molar-refractivity contribution is 6.30. The van der Waals surface area contributed by atoms with Crippen molar-refractivity contribution >= 4 is 23.2 Å². The van der Waals surface area contributed by atoms with Gasteiger partial charge in [-0.05, 0) is 31.5 Å². The van der Waals surface area contributed by atoms with Crippen LogP contribution in [0.2, 0.25) is 5.02 Å². The highest BCUT2D eigenvalue weighted by Gasteiger charge is 2.14. The van der Waals surface area contributed by atoms with Crippen molar-refractivity contribution in [1.82, 2.24) is 9.97 Å². The summed E-state index contributed by atoms with van der Waals surface area (Å²) in [5.41, 5.74) is 1.19. The van der Waals surface area contributed by atoms with Crippen LogP contribution in [0.25, 0.3) is 0 Å². The molecule has 1 unspecified atom stereocenters. The second-order valence-corrected chi connectivity index (χ2v) is 5.18. The van der Waals surface area contributed by atoms with Crippen molar-refractivity contribution < 1.29 is 0 Å². The third kappa shape index (κ3) is 3.20. The van der Waals surface area contributed by atoms with Gasteiger partial charge in [0.05, 0.1) is 6.04 Å². The van der Waals surface area contributed by atoms with Gasteiger partial charge in [0.25, 0.3) is 0 Å². The number of hydrogen-bond acceptors (Lipinski definition) is 4. The average molecular weight is 291 g/mol. The minimum absolute atomic E-state index is 0.200. The molecule has 0 aliphatic rings. The van der Waals surface area contributed by atoms with Gasteiger partial charge < -0.3 is 10.2 Å². The molecule has 1 aromatic heterocycles. The number of hydrogen-bond donors (Lipinski definition) is 1. The molecule has 0 bridgehead atoms. The second-order valence-electron chi connectivity index (χ2n) is 4.75. The Morgan fingerprint density at radius 2 is 1.85 bits per heavy atom. The van der Waals surface area contributed by atoms with E-state index in [4.69, 9.17) is 11.6 Å². The van der Waals surface area contributed by atoms with E-state index in [1.54, 1.807) is 0 Å². The quantitative estimate of drug-likeness (QED) is 0.933. The smallest absolute Gasteiger partial charge is 0.134 e. The summed E-state index contributed by atoms with van der Waals surface area (Å²) in [5, 5.41) is 3.80. The summed E-state index contributed by atoms with van der Waals surface area (Å²) in [5.74, 6) is 2.47. The Balaban J connectivity index is 2.28. The predicted octanol–water partition coefficient (Wildman–Crippen LogP) is 3.68. The number of benzene rings is 1. The molecule has 0 fully saturated rings. The Kier molecular flexibility index (Phi) is 4.45. The molecule has 2 rings (SSSR count). The van der Waals surface area contributed by atoms with Crippen molar-refractivity contribution in [2.75, 3.05) is 24.3 Å². The summed E-state index contributed by atoms with van der Waals surface area (Å²) in [6.45, 7) is 4.03. The molecule has 0 aliphatic carbocycles. The lowest BCUT2D eigenvalue weighted by Crippen LogP contribution is -2.23. The highest BCUT2D eigenvalue weighted by Crippen LogP contribution is 2.26. The van der Waals surface area contributed by atoms with E-state index in [-0.39, 0.29) is 6.04 Å². The molecule has 4 nitrogen and oxygen atoms in total. The summed E-state index contributed by atoms with van der Waals surface area (Å²) in [6.07, 6.45) is 0. The lowest BCUT2D eigenvalue weighted by molar-refractivity contribution is 0.725. The first-order chi connectivity index (χ1) is 9.51. The Hall–Kier alpha value is -1.81. The van der Waals surface area contributed by atoms with Gasteiger partial charge in [-0.1, -0.05) is 23.7 Å². The molecule has 2 aromatic rings. The third-order valence-electron chi connectivity index (χ3n) is 3.38. The standard InChI is InChI=1S/C15H19ClN4/c1-10(12-5-7-13(16)8-6-12)20(4)15-9-14(17-3)18-11(2)19-15/h5-10H,1-4H3,(H,17,18,19). The Morgan fingerprint density at radius 1 is 1.20 bits per heavy atom. The molecule has 1 atom stereocenters. The van der Waals surface area contributed by atoms with Crippen molar-refractivity contribution in [2.45, 2.75) is 19.9 Å². The van der Waals surface area contributed by atoms with Crippen molar-refractivity contribution in [1.29, 1.82) is 0 Å². The molecular weight excluding hydrogens is 272 g/mol. The molecule has 0 aliphatic heterocycles. The van der Waals surface area contributed by atoms with Crippen LogP contribution >= 0.6 is 11.6 Å². The maximum absolute atomic E-state index is 5.93. The lowest BCUT2D eigenvalue weighted by Gasteiger charge is -2.27. The van der Waals surface area contributed by atoms with Crippen LogP contribution in [0.1, 0.15) is 24.4 Å². The number of aromatic nitrogens is 2. The lowest BCUT2D eigenvalue weighted by atomic mass is 10.1. The Morgan fingerprint density at radius 3 is 2.45 bits per heavy atom. The minimum atomic E-state index is 0.200. The molecule has 1 N–H and O–H groups in total. The molecule has 1 heterocycles. The molecule has 20 heavy (non-hydrogen) atoms. The van der Waals surface area contributed by atoms with E-state index in [2.05, 4.69) is 27.1 Å². The summed E-state index contributed by atoms with van der Waals surface area (Å²) in [7, 11) is 3.88. The maximum Gasteiger partial charge on any atom is 0.134 e. The fourth-order valence-corrected chi connectivity index (χ4v) is 2.15. The SMILES string of the molecule is CNc1cc(N(C)C(C)c2ccc(Cl)cc2)nc(C)n1. The van der Waals surface area contributed by atoms with Crippen LogP contribution in [0.3, 0.4) is 0 Å². The monoisotopic (exact) mass is 290 g/mol.